The van der Waals surface area contributed by atoms with Gasteiger partial charge < -0.3 is 33.9 Å². The van der Waals surface area contributed by atoms with E-state index in [4.69, 9.17) is 18.9 Å². The van der Waals surface area contributed by atoms with Crippen molar-refractivity contribution in [2.24, 2.45) is 0 Å². The SMILES string of the molecule is COc1ccc(C2/C(=C(\O)c3ccc4c(c3)N(C)CCO4)C(=O)C(=O)N2CCCOC(C)C)cc1OC. The molecule has 0 aliphatic carbocycles. The lowest BCUT2D eigenvalue weighted by molar-refractivity contribution is -0.140. The van der Waals surface area contributed by atoms with E-state index in [0.29, 0.717) is 54.6 Å². The van der Waals surface area contributed by atoms with Gasteiger partial charge in [-0.25, -0.2) is 0 Å². The van der Waals surface area contributed by atoms with Gasteiger partial charge in [-0.2, -0.15) is 0 Å². The first kappa shape index (κ1) is 26.3. The molecule has 9 nitrogen and oxygen atoms in total. The minimum absolute atomic E-state index is 0.0290. The fraction of sp³-hybridized carbons (Fsp3) is 0.429. The zero-order valence-corrected chi connectivity index (χ0v) is 21.9. The number of anilines is 1. The number of carbonyl (C=O) groups is 2. The Labute approximate surface area is 217 Å². The van der Waals surface area contributed by atoms with Crippen LogP contribution in [0.5, 0.6) is 17.2 Å². The topological polar surface area (TPSA) is 97.8 Å². The highest BCUT2D eigenvalue weighted by Gasteiger charge is 2.46. The predicted molar refractivity (Wildman–Crippen MR) is 139 cm³/mol. The van der Waals surface area contributed by atoms with Crippen LogP contribution in [-0.2, 0) is 14.3 Å². The largest absolute Gasteiger partial charge is 0.507 e. The molecule has 1 unspecified atom stereocenters. The fourth-order valence-electron chi connectivity index (χ4n) is 4.69. The zero-order chi connectivity index (χ0) is 26.7. The first-order valence-corrected chi connectivity index (χ1v) is 12.4. The van der Waals surface area contributed by atoms with Crippen molar-refractivity contribution in [3.8, 4) is 17.2 Å². The molecule has 1 amide bonds. The lowest BCUT2D eigenvalue weighted by Gasteiger charge is -2.28. The number of carbonyl (C=O) groups excluding carboxylic acids is 2. The van der Waals surface area contributed by atoms with Crippen LogP contribution >= 0.6 is 0 Å². The molecule has 1 atom stereocenters. The summed E-state index contributed by atoms with van der Waals surface area (Å²) >= 11 is 0. The highest BCUT2D eigenvalue weighted by Crippen LogP contribution is 2.43. The normalized spacial score (nSPS) is 18.7. The minimum Gasteiger partial charge on any atom is -0.507 e. The molecule has 2 heterocycles. The molecule has 2 aliphatic heterocycles. The summed E-state index contributed by atoms with van der Waals surface area (Å²) in [6.07, 6.45) is 0.596. The molecule has 2 aromatic carbocycles. The maximum absolute atomic E-state index is 13.4. The first-order valence-electron chi connectivity index (χ1n) is 12.4. The number of fused-ring (bicyclic) bond motifs is 1. The van der Waals surface area contributed by atoms with Crippen LogP contribution in [-0.4, -0.2) is 75.4 Å². The highest BCUT2D eigenvalue weighted by atomic mass is 16.5. The summed E-state index contributed by atoms with van der Waals surface area (Å²) in [4.78, 5) is 30.1. The third kappa shape index (κ3) is 5.22. The summed E-state index contributed by atoms with van der Waals surface area (Å²) in [6.45, 7) is 5.88. The predicted octanol–water partition coefficient (Wildman–Crippen LogP) is 3.77. The number of benzene rings is 2. The van der Waals surface area contributed by atoms with Crippen molar-refractivity contribution >= 4 is 23.1 Å². The Kier molecular flexibility index (Phi) is 7.92. The number of aliphatic hydroxyl groups is 1. The lowest BCUT2D eigenvalue weighted by Crippen LogP contribution is -2.31. The molecule has 4 rings (SSSR count). The second-order valence-corrected chi connectivity index (χ2v) is 9.33. The van der Waals surface area contributed by atoms with E-state index < -0.39 is 17.7 Å². The van der Waals surface area contributed by atoms with Gasteiger partial charge in [0.2, 0.25) is 0 Å². The summed E-state index contributed by atoms with van der Waals surface area (Å²) < 4.78 is 22.2. The average molecular weight is 511 g/mol. The lowest BCUT2D eigenvalue weighted by atomic mass is 9.94. The number of hydrogen-bond acceptors (Lipinski definition) is 8. The molecule has 0 aromatic heterocycles. The van der Waals surface area contributed by atoms with Crippen molar-refractivity contribution in [1.29, 1.82) is 0 Å². The molecule has 0 spiro atoms. The van der Waals surface area contributed by atoms with E-state index in [2.05, 4.69) is 0 Å². The Morgan fingerprint density at radius 2 is 1.86 bits per heavy atom. The number of ketones is 1. The molecule has 1 N–H and O–H groups in total. The van der Waals surface area contributed by atoms with Crippen molar-refractivity contribution in [3.05, 3.63) is 53.1 Å². The van der Waals surface area contributed by atoms with E-state index in [0.717, 1.165) is 5.69 Å². The van der Waals surface area contributed by atoms with Crippen molar-refractivity contribution in [3.63, 3.8) is 0 Å². The summed E-state index contributed by atoms with van der Waals surface area (Å²) in [5, 5.41) is 11.5. The Hall–Kier alpha value is -3.72. The van der Waals surface area contributed by atoms with Gasteiger partial charge in [0.15, 0.2) is 11.5 Å². The molecule has 0 bridgehead atoms. The fourth-order valence-corrected chi connectivity index (χ4v) is 4.69. The van der Waals surface area contributed by atoms with Crippen molar-refractivity contribution in [1.82, 2.24) is 4.90 Å². The number of methoxy groups -OCH3 is 2. The number of aliphatic hydroxyl groups excluding tert-OH is 1. The van der Waals surface area contributed by atoms with Crippen molar-refractivity contribution < 1.29 is 33.6 Å². The Morgan fingerprint density at radius 1 is 1.11 bits per heavy atom. The first-order chi connectivity index (χ1) is 17.8. The molecule has 2 aromatic rings. The van der Waals surface area contributed by atoms with E-state index in [-0.39, 0.29) is 24.0 Å². The van der Waals surface area contributed by atoms with Crippen LogP contribution in [0.4, 0.5) is 5.69 Å². The van der Waals surface area contributed by atoms with Crippen LogP contribution in [0.1, 0.15) is 37.4 Å². The molecule has 1 saturated heterocycles. The number of likely N-dealkylation sites (N-methyl/N-ethyl adjacent to an activating group) is 1. The van der Waals surface area contributed by atoms with Crippen molar-refractivity contribution in [2.75, 3.05) is 52.5 Å². The van der Waals surface area contributed by atoms with Gasteiger partial charge in [0.05, 0.1) is 44.2 Å². The molecule has 1 fully saturated rings. The second-order valence-electron chi connectivity index (χ2n) is 9.33. The smallest absolute Gasteiger partial charge is 0.295 e. The number of rotatable bonds is 9. The molecular weight excluding hydrogens is 476 g/mol. The molecule has 2 aliphatic rings. The summed E-state index contributed by atoms with van der Waals surface area (Å²) in [5.74, 6) is 0.0504. The Bertz CT molecular complexity index is 1210. The molecule has 198 valence electrons. The van der Waals surface area contributed by atoms with Gasteiger partial charge in [-0.1, -0.05) is 6.07 Å². The maximum Gasteiger partial charge on any atom is 0.295 e. The monoisotopic (exact) mass is 510 g/mol. The average Bonchev–Trinajstić information content (AvgIpc) is 3.15. The standard InChI is InChI=1S/C28H34N2O7/c1-17(2)36-13-6-11-30-25(18-7-10-22(34-4)23(16-18)35-5)24(27(32)28(30)33)26(31)19-8-9-21-20(15-19)29(3)12-14-37-21/h7-10,15-17,25,31H,6,11-14H2,1-5H3/b26-24+. The zero-order valence-electron chi connectivity index (χ0n) is 21.9. The number of Topliss-reactive ketones (excluding diaryl/α,β-unsaturated/α-hetero) is 1. The third-order valence-corrected chi connectivity index (χ3v) is 6.59. The summed E-state index contributed by atoms with van der Waals surface area (Å²) in [7, 11) is 5.00. The molecular formula is C28H34N2O7. The van der Waals surface area contributed by atoms with Crippen LogP contribution in [0.25, 0.3) is 5.76 Å². The van der Waals surface area contributed by atoms with Gasteiger partial charge in [0.25, 0.3) is 11.7 Å². The molecule has 0 saturated carbocycles. The quantitative estimate of drug-likeness (QED) is 0.236. The van der Waals surface area contributed by atoms with E-state index >= 15 is 0 Å². The summed E-state index contributed by atoms with van der Waals surface area (Å²) in [6, 6.07) is 9.67. The van der Waals surface area contributed by atoms with E-state index in [1.165, 1.54) is 19.1 Å². The second kappa shape index (κ2) is 11.1. The number of likely N-dealkylation sites (tertiary alicyclic amines) is 1. The van der Waals surface area contributed by atoms with E-state index in [9.17, 15) is 14.7 Å². The third-order valence-electron chi connectivity index (χ3n) is 6.59. The molecule has 37 heavy (non-hydrogen) atoms. The Morgan fingerprint density at radius 3 is 2.57 bits per heavy atom. The van der Waals surface area contributed by atoms with Crippen LogP contribution in [0.15, 0.2) is 42.0 Å². The van der Waals surface area contributed by atoms with Crippen LogP contribution < -0.4 is 19.1 Å². The van der Waals surface area contributed by atoms with Gasteiger partial charge in [0.1, 0.15) is 18.1 Å². The minimum atomic E-state index is -0.802. The Balaban J connectivity index is 1.80. The molecule has 9 heteroatoms. The number of nitrogens with zero attached hydrogens (tertiary/aromatic N) is 2. The van der Waals surface area contributed by atoms with Gasteiger partial charge in [0, 0.05) is 25.8 Å². The maximum atomic E-state index is 13.4. The van der Waals surface area contributed by atoms with Crippen LogP contribution in [0, 0.1) is 0 Å². The molecule has 0 radical (unpaired) electrons. The number of ether oxygens (including phenoxy) is 4. The van der Waals surface area contributed by atoms with Crippen molar-refractivity contribution in [2.45, 2.75) is 32.4 Å². The van der Waals surface area contributed by atoms with Crippen LogP contribution in [0.3, 0.4) is 0 Å². The van der Waals surface area contributed by atoms with Gasteiger partial charge >= 0.3 is 0 Å². The van der Waals surface area contributed by atoms with E-state index in [1.54, 1.807) is 36.4 Å². The van der Waals surface area contributed by atoms with Gasteiger partial charge in [-0.3, -0.25) is 9.59 Å². The number of amides is 1. The van der Waals surface area contributed by atoms with Crippen LogP contribution in [0.2, 0.25) is 0 Å². The number of hydrogen-bond donors (Lipinski definition) is 1. The van der Waals surface area contributed by atoms with Gasteiger partial charge in [-0.05, 0) is 56.2 Å². The highest BCUT2D eigenvalue weighted by molar-refractivity contribution is 6.46. The summed E-state index contributed by atoms with van der Waals surface area (Å²) in [5.41, 5.74) is 1.89. The van der Waals surface area contributed by atoms with Gasteiger partial charge in [-0.15, -0.1) is 0 Å². The van der Waals surface area contributed by atoms with E-state index in [1.807, 2.05) is 25.8 Å².